The first-order valence-corrected chi connectivity index (χ1v) is 8.38. The van der Waals surface area contributed by atoms with E-state index in [2.05, 4.69) is 17.3 Å². The number of para-hydroxylation sites is 2. The molecule has 1 aliphatic carbocycles. The molecule has 0 saturated heterocycles. The van der Waals surface area contributed by atoms with Crippen molar-refractivity contribution in [1.29, 1.82) is 0 Å². The lowest BCUT2D eigenvalue weighted by molar-refractivity contribution is 0.282. The summed E-state index contributed by atoms with van der Waals surface area (Å²) in [5.41, 5.74) is 1.88. The summed E-state index contributed by atoms with van der Waals surface area (Å²) in [5.74, 6) is 1.63. The monoisotopic (exact) mass is 286 g/mol. The maximum Gasteiger partial charge on any atom is 0.197 e. The molecule has 1 aromatic heterocycles. The third-order valence-electron chi connectivity index (χ3n) is 4.82. The molecular weight excluding hydrogens is 260 g/mol. The number of nitrogens with zero attached hydrogens (tertiary/aromatic N) is 1. The van der Waals surface area contributed by atoms with Crippen molar-refractivity contribution in [1.82, 2.24) is 10.3 Å². The van der Waals surface area contributed by atoms with Crippen molar-refractivity contribution in [2.75, 3.05) is 7.05 Å². The van der Waals surface area contributed by atoms with E-state index in [9.17, 15) is 0 Å². The van der Waals surface area contributed by atoms with Crippen LogP contribution in [0.4, 0.5) is 0 Å². The van der Waals surface area contributed by atoms with Gasteiger partial charge in [0, 0.05) is 12.5 Å². The highest BCUT2D eigenvalue weighted by Crippen LogP contribution is 2.27. The zero-order valence-electron chi connectivity index (χ0n) is 13.0. The number of benzene rings is 1. The van der Waals surface area contributed by atoms with Gasteiger partial charge in [-0.05, 0) is 37.9 Å². The minimum atomic E-state index is 0.483. The molecule has 1 unspecified atom stereocenters. The number of hydrogen-bond acceptors (Lipinski definition) is 3. The first-order chi connectivity index (χ1) is 10.4. The van der Waals surface area contributed by atoms with Crippen molar-refractivity contribution in [3.8, 4) is 0 Å². The molecule has 0 bridgehead atoms. The van der Waals surface area contributed by atoms with E-state index in [-0.39, 0.29) is 0 Å². The molecule has 1 aromatic carbocycles. The molecule has 2 aromatic rings. The Bertz CT molecular complexity index is 522. The third-order valence-corrected chi connectivity index (χ3v) is 4.82. The van der Waals surface area contributed by atoms with Gasteiger partial charge in [0.05, 0.1) is 0 Å². The molecule has 21 heavy (non-hydrogen) atoms. The summed E-state index contributed by atoms with van der Waals surface area (Å²) in [5, 5.41) is 3.51. The van der Waals surface area contributed by atoms with Gasteiger partial charge in [-0.15, -0.1) is 0 Å². The van der Waals surface area contributed by atoms with E-state index in [0.717, 1.165) is 29.3 Å². The lowest BCUT2D eigenvalue weighted by atomic mass is 9.84. The Morgan fingerprint density at radius 3 is 2.57 bits per heavy atom. The Balaban J connectivity index is 1.70. The van der Waals surface area contributed by atoms with Crippen LogP contribution in [0.2, 0.25) is 0 Å². The molecule has 1 saturated carbocycles. The van der Waals surface area contributed by atoms with Crippen LogP contribution in [0.5, 0.6) is 0 Å². The Labute approximate surface area is 127 Å². The molecular formula is C18H26N2O. The molecule has 3 heteroatoms. The van der Waals surface area contributed by atoms with Gasteiger partial charge >= 0.3 is 0 Å². The molecule has 0 aliphatic heterocycles. The summed E-state index contributed by atoms with van der Waals surface area (Å²) in [6, 6.07) is 8.51. The minimum Gasteiger partial charge on any atom is -0.441 e. The molecule has 3 nitrogen and oxygen atoms in total. The number of aromatic nitrogens is 1. The fraction of sp³-hybridized carbons (Fsp3) is 0.611. The normalized spacial score (nSPS) is 19.3. The minimum absolute atomic E-state index is 0.483. The van der Waals surface area contributed by atoms with Gasteiger partial charge in [-0.3, -0.25) is 0 Å². The van der Waals surface area contributed by atoms with Crippen molar-refractivity contribution in [2.24, 2.45) is 5.92 Å². The average Bonchev–Trinajstić information content (AvgIpc) is 2.87. The van der Waals surface area contributed by atoms with Gasteiger partial charge in [0.15, 0.2) is 11.5 Å². The van der Waals surface area contributed by atoms with Crippen molar-refractivity contribution in [3.05, 3.63) is 30.2 Å². The highest BCUT2D eigenvalue weighted by molar-refractivity contribution is 5.72. The number of rotatable bonds is 4. The van der Waals surface area contributed by atoms with E-state index in [0.29, 0.717) is 6.04 Å². The lowest BCUT2D eigenvalue weighted by Gasteiger charge is -2.27. The van der Waals surface area contributed by atoms with Gasteiger partial charge in [-0.25, -0.2) is 4.98 Å². The third kappa shape index (κ3) is 3.65. The van der Waals surface area contributed by atoms with Gasteiger partial charge in [0.1, 0.15) is 5.52 Å². The molecule has 0 amide bonds. The van der Waals surface area contributed by atoms with Gasteiger partial charge in [0.2, 0.25) is 0 Å². The predicted octanol–water partition coefficient (Wildman–Crippen LogP) is 4.32. The van der Waals surface area contributed by atoms with Gasteiger partial charge < -0.3 is 9.73 Å². The van der Waals surface area contributed by atoms with E-state index in [4.69, 9.17) is 4.42 Å². The number of fused-ring (bicyclic) bond motifs is 1. The van der Waals surface area contributed by atoms with Crippen molar-refractivity contribution < 1.29 is 4.42 Å². The summed E-state index contributed by atoms with van der Waals surface area (Å²) in [7, 11) is 2.08. The summed E-state index contributed by atoms with van der Waals surface area (Å²) in [4.78, 5) is 4.63. The van der Waals surface area contributed by atoms with Crippen molar-refractivity contribution >= 4 is 11.1 Å². The molecule has 0 radical (unpaired) electrons. The standard InChI is InChI=1S/C18H26N2O/c1-19-16(14-9-5-3-2-4-6-10-14)13-18-20-15-11-7-8-12-17(15)21-18/h7-8,11-12,14,16,19H,2-6,9-10,13H2,1H3. The van der Waals surface area contributed by atoms with Crippen LogP contribution in [0.1, 0.15) is 50.8 Å². The van der Waals surface area contributed by atoms with Crippen molar-refractivity contribution in [2.45, 2.75) is 57.4 Å². The van der Waals surface area contributed by atoms with Gasteiger partial charge in [-0.2, -0.15) is 0 Å². The zero-order chi connectivity index (χ0) is 14.5. The maximum absolute atomic E-state index is 5.90. The summed E-state index contributed by atoms with van der Waals surface area (Å²) in [6.45, 7) is 0. The molecule has 1 N–H and O–H groups in total. The lowest BCUT2D eigenvalue weighted by Crippen LogP contribution is -2.36. The predicted molar refractivity (Wildman–Crippen MR) is 86.4 cm³/mol. The van der Waals surface area contributed by atoms with Crippen LogP contribution in [-0.4, -0.2) is 18.1 Å². The Morgan fingerprint density at radius 1 is 1.14 bits per heavy atom. The van der Waals surface area contributed by atoms with E-state index < -0.39 is 0 Å². The smallest absolute Gasteiger partial charge is 0.197 e. The fourth-order valence-electron chi connectivity index (χ4n) is 3.59. The molecule has 0 spiro atoms. The first kappa shape index (κ1) is 14.6. The van der Waals surface area contributed by atoms with E-state index in [1.165, 1.54) is 44.9 Å². The van der Waals surface area contributed by atoms with E-state index in [1.807, 2.05) is 24.3 Å². The van der Waals surface area contributed by atoms with Gasteiger partial charge in [-0.1, -0.05) is 44.2 Å². The molecule has 1 fully saturated rings. The van der Waals surface area contributed by atoms with Crippen LogP contribution in [0, 0.1) is 5.92 Å². The summed E-state index contributed by atoms with van der Waals surface area (Å²) < 4.78 is 5.90. The quantitative estimate of drug-likeness (QED) is 0.909. The SMILES string of the molecule is CNC(Cc1nc2ccccc2o1)C1CCCCCCC1. The van der Waals surface area contributed by atoms with Crippen LogP contribution in [-0.2, 0) is 6.42 Å². The Morgan fingerprint density at radius 2 is 1.86 bits per heavy atom. The van der Waals surface area contributed by atoms with Crippen LogP contribution in [0.25, 0.3) is 11.1 Å². The second-order valence-electron chi connectivity index (χ2n) is 6.28. The zero-order valence-corrected chi connectivity index (χ0v) is 13.0. The van der Waals surface area contributed by atoms with Crippen LogP contribution in [0.15, 0.2) is 28.7 Å². The maximum atomic E-state index is 5.90. The Hall–Kier alpha value is -1.35. The number of nitrogens with one attached hydrogen (secondary N) is 1. The first-order valence-electron chi connectivity index (χ1n) is 8.38. The molecule has 114 valence electrons. The molecule has 1 heterocycles. The fourth-order valence-corrected chi connectivity index (χ4v) is 3.59. The summed E-state index contributed by atoms with van der Waals surface area (Å²) in [6.07, 6.45) is 10.5. The Kier molecular flexibility index (Phi) is 4.91. The highest BCUT2D eigenvalue weighted by atomic mass is 16.3. The summed E-state index contributed by atoms with van der Waals surface area (Å²) >= 11 is 0. The molecule has 3 rings (SSSR count). The topological polar surface area (TPSA) is 38.1 Å². The van der Waals surface area contributed by atoms with Crippen molar-refractivity contribution in [3.63, 3.8) is 0 Å². The second-order valence-corrected chi connectivity index (χ2v) is 6.28. The van der Waals surface area contributed by atoms with E-state index in [1.54, 1.807) is 0 Å². The number of oxazole rings is 1. The van der Waals surface area contributed by atoms with E-state index >= 15 is 0 Å². The molecule has 1 atom stereocenters. The van der Waals surface area contributed by atoms with Crippen LogP contribution < -0.4 is 5.32 Å². The average molecular weight is 286 g/mol. The van der Waals surface area contributed by atoms with Gasteiger partial charge in [0.25, 0.3) is 0 Å². The number of likely N-dealkylation sites (N-methyl/N-ethyl adjacent to an activating group) is 1. The van der Waals surface area contributed by atoms with Crippen LogP contribution >= 0.6 is 0 Å². The number of hydrogen-bond donors (Lipinski definition) is 1. The molecule has 1 aliphatic rings. The largest absolute Gasteiger partial charge is 0.441 e. The van der Waals surface area contributed by atoms with Crippen LogP contribution in [0.3, 0.4) is 0 Å². The highest BCUT2D eigenvalue weighted by Gasteiger charge is 2.23. The second kappa shape index (κ2) is 7.08.